The van der Waals surface area contributed by atoms with Crippen LogP contribution < -0.4 is 0 Å². The van der Waals surface area contributed by atoms with Gasteiger partial charge in [-0.15, -0.1) is 5.54 Å². The molecule has 0 aliphatic heterocycles. The minimum absolute atomic E-state index is 0.211. The molecule has 98 valence electrons. The topological polar surface area (TPSA) is 0 Å². The normalized spacial score (nSPS) is 12.0. The van der Waals surface area contributed by atoms with Crippen LogP contribution >= 0.6 is 0 Å². The maximum atomic E-state index is 13.2. The molecule has 0 amide bonds. The molecule has 0 nitrogen and oxygen atoms in total. The van der Waals surface area contributed by atoms with E-state index in [9.17, 15) is 22.0 Å². The van der Waals surface area contributed by atoms with Crippen LogP contribution in [0.5, 0.6) is 0 Å². The highest BCUT2D eigenvalue weighted by atomic mass is 28.3. The molecule has 1 rings (SSSR count). The van der Waals surface area contributed by atoms with Gasteiger partial charge in [-0.2, -0.15) is 13.2 Å². The van der Waals surface area contributed by atoms with Crippen LogP contribution in [0.15, 0.2) is 12.1 Å². The maximum Gasteiger partial charge on any atom is 0.420 e. The second-order valence-corrected chi connectivity index (χ2v) is 9.56. The Bertz CT molecular complexity index is 514. The smallest absolute Gasteiger partial charge is 0.207 e. The van der Waals surface area contributed by atoms with Crippen molar-refractivity contribution in [1.82, 2.24) is 0 Å². The number of rotatable bonds is 0. The Morgan fingerprint density at radius 2 is 1.61 bits per heavy atom. The van der Waals surface area contributed by atoms with Gasteiger partial charge in [0.1, 0.15) is 25.3 Å². The molecule has 0 aromatic heterocycles. The Kier molecular flexibility index (Phi) is 3.86. The highest BCUT2D eigenvalue weighted by molar-refractivity contribution is 6.83. The third-order valence-corrected chi connectivity index (χ3v) is 2.79. The van der Waals surface area contributed by atoms with Crippen LogP contribution in [0.4, 0.5) is 22.0 Å². The lowest BCUT2D eigenvalue weighted by molar-refractivity contribution is -0.140. The van der Waals surface area contributed by atoms with Crippen molar-refractivity contribution in [3.63, 3.8) is 0 Å². The molecular weight excluding hydrogens is 267 g/mol. The summed E-state index contributed by atoms with van der Waals surface area (Å²) in [6.45, 7) is 5.47. The van der Waals surface area contributed by atoms with Crippen molar-refractivity contribution in [3.05, 3.63) is 34.9 Å². The molecule has 0 fully saturated rings. The van der Waals surface area contributed by atoms with Crippen LogP contribution in [0, 0.1) is 23.1 Å². The number of hydrogen-bond donors (Lipinski definition) is 0. The highest BCUT2D eigenvalue weighted by Gasteiger charge is 2.37. The molecule has 0 radical (unpaired) electrons. The first kappa shape index (κ1) is 14.7. The van der Waals surface area contributed by atoms with E-state index in [2.05, 4.69) is 11.5 Å². The summed E-state index contributed by atoms with van der Waals surface area (Å²) in [5.74, 6) is -0.453. The van der Waals surface area contributed by atoms with Crippen molar-refractivity contribution in [3.8, 4) is 11.5 Å². The van der Waals surface area contributed by atoms with E-state index in [4.69, 9.17) is 0 Å². The first-order valence-corrected chi connectivity index (χ1v) is 8.60. The van der Waals surface area contributed by atoms with Gasteiger partial charge in [-0.05, 0) is 6.07 Å². The Balaban J connectivity index is 3.46. The van der Waals surface area contributed by atoms with Crippen LogP contribution in [0.1, 0.15) is 11.1 Å². The number of alkyl halides is 3. The van der Waals surface area contributed by atoms with E-state index in [1.807, 2.05) is 19.6 Å². The summed E-state index contributed by atoms with van der Waals surface area (Å²) in [4.78, 5) is 0. The lowest BCUT2D eigenvalue weighted by atomic mass is 10.1. The quantitative estimate of drug-likeness (QED) is 0.379. The van der Waals surface area contributed by atoms with E-state index in [1.54, 1.807) is 0 Å². The average Bonchev–Trinajstić information content (AvgIpc) is 2.09. The summed E-state index contributed by atoms with van der Waals surface area (Å²) in [7, 11) is -1.93. The van der Waals surface area contributed by atoms with Gasteiger partial charge >= 0.3 is 6.18 Å². The fraction of sp³-hybridized carbons (Fsp3) is 0.333. The second kappa shape index (κ2) is 4.73. The maximum absolute atomic E-state index is 13.2. The fourth-order valence-electron chi connectivity index (χ4n) is 1.22. The van der Waals surface area contributed by atoms with E-state index in [0.717, 1.165) is 0 Å². The van der Waals surface area contributed by atoms with Gasteiger partial charge in [-0.3, -0.25) is 0 Å². The minimum atomic E-state index is -4.89. The molecule has 0 aliphatic carbocycles. The van der Waals surface area contributed by atoms with Gasteiger partial charge in [0.05, 0.1) is 0 Å². The zero-order chi connectivity index (χ0) is 14.1. The molecule has 0 saturated carbocycles. The second-order valence-electron chi connectivity index (χ2n) is 4.81. The molecule has 0 saturated heterocycles. The molecule has 0 unspecified atom stereocenters. The van der Waals surface area contributed by atoms with Crippen molar-refractivity contribution < 1.29 is 22.0 Å². The molecule has 0 atom stereocenters. The standard InChI is InChI=1S/C12H11F5Si/c1-18(2,3)5-4-8-6-9(13)7-10(14)11(8)12(15,16)17/h6-7H,1-3H3. The zero-order valence-corrected chi connectivity index (χ0v) is 11.0. The van der Waals surface area contributed by atoms with Gasteiger partial charge in [0, 0.05) is 11.6 Å². The van der Waals surface area contributed by atoms with Crippen molar-refractivity contribution in [2.24, 2.45) is 0 Å². The Hall–Kier alpha value is -1.35. The summed E-state index contributed by atoms with van der Waals surface area (Å²) in [6.07, 6.45) is -4.89. The molecule has 1 aromatic rings. The zero-order valence-electron chi connectivity index (χ0n) is 10.0. The largest absolute Gasteiger partial charge is 0.420 e. The lowest BCUT2D eigenvalue weighted by Crippen LogP contribution is -2.17. The molecule has 6 heteroatoms. The van der Waals surface area contributed by atoms with Gasteiger partial charge < -0.3 is 0 Å². The molecule has 0 N–H and O–H groups in total. The molecular formula is C12H11F5Si. The predicted octanol–water partition coefficient (Wildman–Crippen LogP) is 4.21. The van der Waals surface area contributed by atoms with E-state index in [-0.39, 0.29) is 6.07 Å². The highest BCUT2D eigenvalue weighted by Crippen LogP contribution is 2.34. The van der Waals surface area contributed by atoms with Gasteiger partial charge in [0.2, 0.25) is 0 Å². The molecule has 0 aliphatic rings. The van der Waals surface area contributed by atoms with E-state index < -0.39 is 37.0 Å². The minimum Gasteiger partial charge on any atom is -0.207 e. The first-order valence-electron chi connectivity index (χ1n) is 5.10. The molecule has 18 heavy (non-hydrogen) atoms. The Morgan fingerprint density at radius 1 is 1.06 bits per heavy atom. The fourth-order valence-corrected chi connectivity index (χ4v) is 1.72. The van der Waals surface area contributed by atoms with Crippen LogP contribution in [0.25, 0.3) is 0 Å². The van der Waals surface area contributed by atoms with Crippen LogP contribution in [-0.2, 0) is 6.18 Å². The summed E-state index contributed by atoms with van der Waals surface area (Å²) < 4.78 is 64.1. The van der Waals surface area contributed by atoms with Crippen LogP contribution in [0.2, 0.25) is 19.6 Å². The first-order chi connectivity index (χ1) is 8.00. The van der Waals surface area contributed by atoms with Crippen LogP contribution in [0.3, 0.4) is 0 Å². The van der Waals surface area contributed by atoms with Crippen molar-refractivity contribution >= 4 is 8.07 Å². The summed E-state index contributed by atoms with van der Waals surface area (Å²) >= 11 is 0. The summed E-state index contributed by atoms with van der Waals surface area (Å²) in [5, 5.41) is 0. The summed E-state index contributed by atoms with van der Waals surface area (Å²) in [6, 6.07) is 0.821. The average molecular weight is 278 g/mol. The molecule has 0 spiro atoms. The summed E-state index contributed by atoms with van der Waals surface area (Å²) in [5.41, 5.74) is 0.505. The van der Waals surface area contributed by atoms with E-state index >= 15 is 0 Å². The van der Waals surface area contributed by atoms with Gasteiger partial charge in [0.25, 0.3) is 0 Å². The Labute approximate surface area is 103 Å². The number of benzene rings is 1. The van der Waals surface area contributed by atoms with Crippen LogP contribution in [-0.4, -0.2) is 8.07 Å². The third-order valence-electron chi connectivity index (χ3n) is 1.91. The molecule has 1 aromatic carbocycles. The third kappa shape index (κ3) is 3.84. The molecule has 0 bridgehead atoms. The monoisotopic (exact) mass is 278 g/mol. The van der Waals surface area contributed by atoms with Crippen molar-refractivity contribution in [2.45, 2.75) is 25.8 Å². The van der Waals surface area contributed by atoms with Crippen molar-refractivity contribution in [2.75, 3.05) is 0 Å². The van der Waals surface area contributed by atoms with Gasteiger partial charge in [0.15, 0.2) is 0 Å². The predicted molar refractivity (Wildman–Crippen MR) is 61.6 cm³/mol. The SMILES string of the molecule is C[Si](C)(C)C#Cc1cc(F)cc(F)c1C(F)(F)F. The van der Waals surface area contributed by atoms with E-state index in [1.165, 1.54) is 0 Å². The van der Waals surface area contributed by atoms with E-state index in [0.29, 0.717) is 6.07 Å². The lowest BCUT2D eigenvalue weighted by Gasteiger charge is -2.11. The Morgan fingerprint density at radius 3 is 2.06 bits per heavy atom. The van der Waals surface area contributed by atoms with Gasteiger partial charge in [-0.25, -0.2) is 8.78 Å². The van der Waals surface area contributed by atoms with Gasteiger partial charge in [-0.1, -0.05) is 25.6 Å². The number of halogens is 5. The molecule has 0 heterocycles. The number of hydrogen-bond acceptors (Lipinski definition) is 0. The van der Waals surface area contributed by atoms with Crippen molar-refractivity contribution in [1.29, 1.82) is 0 Å².